The van der Waals surface area contributed by atoms with Crippen LogP contribution in [0.15, 0.2) is 12.5 Å². The molecule has 5 heteroatoms. The van der Waals surface area contributed by atoms with Crippen molar-refractivity contribution >= 4 is 16.9 Å². The first-order valence-electron chi connectivity index (χ1n) is 3.23. The predicted molar refractivity (Wildman–Crippen MR) is 41.2 cm³/mol. The minimum atomic E-state index is 0.754. The van der Waals surface area contributed by atoms with Crippen LogP contribution >= 0.6 is 0 Å². The molecule has 0 aliphatic carbocycles. The lowest BCUT2D eigenvalue weighted by molar-refractivity contribution is 1.09. The van der Waals surface area contributed by atoms with E-state index in [0.29, 0.717) is 0 Å². The average molecular weight is 149 g/mol. The van der Waals surface area contributed by atoms with Crippen LogP contribution in [0, 0.1) is 0 Å². The van der Waals surface area contributed by atoms with Gasteiger partial charge in [-0.05, 0) is 0 Å². The summed E-state index contributed by atoms with van der Waals surface area (Å²) in [5.41, 5.74) is 0.754. The first-order valence-corrected chi connectivity index (χ1v) is 3.23. The predicted octanol–water partition coefficient (Wildman–Crippen LogP) is 0.395. The van der Waals surface area contributed by atoms with Crippen molar-refractivity contribution in [2.24, 2.45) is 0 Å². The summed E-state index contributed by atoms with van der Waals surface area (Å²) in [6.07, 6.45) is 3.19. The summed E-state index contributed by atoms with van der Waals surface area (Å²) in [5.74, 6) is 0.795. The molecule has 2 N–H and O–H groups in total. The molecular formula is C6H7N5. The standard InChI is InChI=1S/C6H7N5/c1-7-5-4-2-10-11-6(4)9-3-8-5/h2-3H,1H3,(H2,7,8,9,10,11). The fraction of sp³-hybridized carbons (Fsp3) is 0.167. The molecule has 56 valence electrons. The zero-order chi connectivity index (χ0) is 7.68. The smallest absolute Gasteiger partial charge is 0.160 e. The number of hydrogen-bond donors (Lipinski definition) is 2. The largest absolute Gasteiger partial charge is 0.372 e. The Morgan fingerprint density at radius 2 is 2.36 bits per heavy atom. The van der Waals surface area contributed by atoms with Gasteiger partial charge in [0.2, 0.25) is 0 Å². The SMILES string of the molecule is CNc1ncnc2[nH]ncc12. The number of nitrogens with zero attached hydrogens (tertiary/aromatic N) is 3. The number of rotatable bonds is 1. The van der Waals surface area contributed by atoms with Crippen molar-refractivity contribution in [1.82, 2.24) is 20.2 Å². The number of aromatic nitrogens is 4. The van der Waals surface area contributed by atoms with Gasteiger partial charge in [-0.1, -0.05) is 0 Å². The van der Waals surface area contributed by atoms with Crippen LogP contribution in [0.3, 0.4) is 0 Å². The molecule has 2 aromatic rings. The van der Waals surface area contributed by atoms with Crippen LogP contribution in [0.5, 0.6) is 0 Å². The molecule has 2 rings (SSSR count). The van der Waals surface area contributed by atoms with E-state index in [1.807, 2.05) is 7.05 Å². The number of anilines is 1. The highest BCUT2D eigenvalue weighted by atomic mass is 15.2. The number of H-pyrrole nitrogens is 1. The Bertz CT molecular complexity index is 366. The lowest BCUT2D eigenvalue weighted by atomic mass is 10.4. The zero-order valence-corrected chi connectivity index (χ0v) is 6.00. The van der Waals surface area contributed by atoms with Gasteiger partial charge in [-0.2, -0.15) is 5.10 Å². The van der Waals surface area contributed by atoms with E-state index < -0.39 is 0 Å². The Labute approximate surface area is 62.9 Å². The third-order valence-corrected chi connectivity index (χ3v) is 1.48. The maximum atomic E-state index is 4.02. The van der Waals surface area contributed by atoms with E-state index in [1.54, 1.807) is 6.20 Å². The normalized spacial score (nSPS) is 10.3. The molecule has 0 saturated carbocycles. The molecule has 5 nitrogen and oxygen atoms in total. The van der Waals surface area contributed by atoms with E-state index in [9.17, 15) is 0 Å². The third-order valence-electron chi connectivity index (χ3n) is 1.48. The lowest BCUT2D eigenvalue weighted by Crippen LogP contribution is -1.92. The van der Waals surface area contributed by atoms with Gasteiger partial charge in [0.15, 0.2) is 5.65 Å². The molecule has 11 heavy (non-hydrogen) atoms. The summed E-state index contributed by atoms with van der Waals surface area (Å²) >= 11 is 0. The lowest BCUT2D eigenvalue weighted by Gasteiger charge is -1.96. The highest BCUT2D eigenvalue weighted by molar-refractivity contribution is 5.85. The van der Waals surface area contributed by atoms with Gasteiger partial charge < -0.3 is 5.32 Å². The summed E-state index contributed by atoms with van der Waals surface area (Å²) in [6.45, 7) is 0. The van der Waals surface area contributed by atoms with Crippen molar-refractivity contribution < 1.29 is 0 Å². The molecule has 0 spiro atoms. The van der Waals surface area contributed by atoms with E-state index >= 15 is 0 Å². The molecule has 0 amide bonds. The Balaban J connectivity index is 2.79. The Morgan fingerprint density at radius 1 is 1.45 bits per heavy atom. The molecule has 0 aromatic carbocycles. The molecule has 0 fully saturated rings. The number of hydrogen-bond acceptors (Lipinski definition) is 4. The number of fused-ring (bicyclic) bond motifs is 1. The molecule has 0 aliphatic rings. The van der Waals surface area contributed by atoms with Gasteiger partial charge in [0.1, 0.15) is 12.1 Å². The van der Waals surface area contributed by atoms with Crippen LogP contribution in [0.1, 0.15) is 0 Å². The molecule has 0 radical (unpaired) electrons. The first-order chi connectivity index (χ1) is 5.42. The molecule has 2 aromatic heterocycles. The zero-order valence-electron chi connectivity index (χ0n) is 6.00. The van der Waals surface area contributed by atoms with Crippen LogP contribution in [-0.2, 0) is 0 Å². The van der Waals surface area contributed by atoms with E-state index in [-0.39, 0.29) is 0 Å². The summed E-state index contributed by atoms with van der Waals surface area (Å²) in [5, 5.41) is 10.5. The number of nitrogens with one attached hydrogen (secondary N) is 2. The van der Waals surface area contributed by atoms with Gasteiger partial charge in [-0.25, -0.2) is 9.97 Å². The summed E-state index contributed by atoms with van der Waals surface area (Å²) in [4.78, 5) is 8.00. The van der Waals surface area contributed by atoms with Crippen molar-refractivity contribution in [3.05, 3.63) is 12.5 Å². The van der Waals surface area contributed by atoms with E-state index in [2.05, 4.69) is 25.5 Å². The third kappa shape index (κ3) is 0.813. The monoisotopic (exact) mass is 149 g/mol. The van der Waals surface area contributed by atoms with Gasteiger partial charge >= 0.3 is 0 Å². The molecule has 0 bridgehead atoms. The van der Waals surface area contributed by atoms with Crippen LogP contribution < -0.4 is 5.32 Å². The second kappa shape index (κ2) is 2.19. The second-order valence-electron chi connectivity index (χ2n) is 2.10. The maximum absolute atomic E-state index is 4.02. The van der Waals surface area contributed by atoms with Crippen molar-refractivity contribution in [2.75, 3.05) is 12.4 Å². The van der Waals surface area contributed by atoms with Gasteiger partial charge in [0, 0.05) is 7.05 Å². The highest BCUT2D eigenvalue weighted by Gasteiger charge is 2.01. The van der Waals surface area contributed by atoms with Crippen LogP contribution in [0.2, 0.25) is 0 Å². The van der Waals surface area contributed by atoms with Gasteiger partial charge in [-0.3, -0.25) is 5.10 Å². The summed E-state index contributed by atoms with van der Waals surface area (Å²) < 4.78 is 0. The van der Waals surface area contributed by atoms with Gasteiger partial charge in [0.25, 0.3) is 0 Å². The summed E-state index contributed by atoms with van der Waals surface area (Å²) in [7, 11) is 1.81. The van der Waals surface area contributed by atoms with E-state index in [4.69, 9.17) is 0 Å². The molecular weight excluding hydrogens is 142 g/mol. The minimum absolute atomic E-state index is 0.754. The molecule has 0 saturated heterocycles. The minimum Gasteiger partial charge on any atom is -0.372 e. The number of aromatic amines is 1. The van der Waals surface area contributed by atoms with Gasteiger partial charge in [-0.15, -0.1) is 0 Å². The van der Waals surface area contributed by atoms with E-state index in [0.717, 1.165) is 16.9 Å². The van der Waals surface area contributed by atoms with Crippen LogP contribution in [0.4, 0.5) is 5.82 Å². The molecule has 0 unspecified atom stereocenters. The van der Waals surface area contributed by atoms with Crippen molar-refractivity contribution in [2.45, 2.75) is 0 Å². The Morgan fingerprint density at radius 3 is 3.18 bits per heavy atom. The average Bonchev–Trinajstić information content (AvgIpc) is 2.50. The fourth-order valence-electron chi connectivity index (χ4n) is 0.964. The van der Waals surface area contributed by atoms with Gasteiger partial charge in [0.05, 0.1) is 11.6 Å². The Kier molecular flexibility index (Phi) is 1.21. The van der Waals surface area contributed by atoms with Crippen molar-refractivity contribution in [3.63, 3.8) is 0 Å². The van der Waals surface area contributed by atoms with E-state index in [1.165, 1.54) is 6.33 Å². The van der Waals surface area contributed by atoms with Crippen molar-refractivity contribution in [3.8, 4) is 0 Å². The topological polar surface area (TPSA) is 66.5 Å². The van der Waals surface area contributed by atoms with Crippen LogP contribution in [0.25, 0.3) is 11.0 Å². The quantitative estimate of drug-likeness (QED) is 0.615. The van der Waals surface area contributed by atoms with Crippen molar-refractivity contribution in [1.29, 1.82) is 0 Å². The molecule has 2 heterocycles. The summed E-state index contributed by atoms with van der Waals surface area (Å²) in [6, 6.07) is 0. The van der Waals surface area contributed by atoms with Crippen LogP contribution in [-0.4, -0.2) is 27.2 Å². The highest BCUT2D eigenvalue weighted by Crippen LogP contribution is 2.14. The second-order valence-corrected chi connectivity index (χ2v) is 2.10. The fourth-order valence-corrected chi connectivity index (χ4v) is 0.964. The first kappa shape index (κ1) is 6.09. The molecule has 0 aliphatic heterocycles. The maximum Gasteiger partial charge on any atom is 0.160 e. The Hall–Kier alpha value is -1.65. The molecule has 0 atom stereocenters.